The molecule has 2 aromatic heterocycles. The first-order valence-corrected chi connectivity index (χ1v) is 9.61. The van der Waals surface area contributed by atoms with E-state index in [9.17, 15) is 4.79 Å². The van der Waals surface area contributed by atoms with Crippen molar-refractivity contribution in [3.8, 4) is 0 Å². The third-order valence-corrected chi connectivity index (χ3v) is 5.84. The van der Waals surface area contributed by atoms with Crippen molar-refractivity contribution in [2.45, 2.75) is 25.8 Å². The number of carbonyl (C=O) groups excluding carboxylic acids is 1. The van der Waals surface area contributed by atoms with Crippen LogP contribution in [0.3, 0.4) is 0 Å². The highest BCUT2D eigenvalue weighted by Crippen LogP contribution is 2.32. The summed E-state index contributed by atoms with van der Waals surface area (Å²) in [6, 6.07) is 9.75. The van der Waals surface area contributed by atoms with E-state index >= 15 is 0 Å². The Morgan fingerprint density at radius 3 is 2.46 bits per heavy atom. The lowest BCUT2D eigenvalue weighted by Crippen LogP contribution is -2.40. The van der Waals surface area contributed by atoms with E-state index in [0.717, 1.165) is 62.1 Å². The molecule has 2 saturated heterocycles. The number of piperidine rings is 1. The molecule has 0 N–H and O–H groups in total. The zero-order chi connectivity index (χ0) is 17.8. The van der Waals surface area contributed by atoms with Gasteiger partial charge in [-0.25, -0.2) is 0 Å². The Hall–Kier alpha value is -2.27. The number of aromatic nitrogens is 2. The van der Waals surface area contributed by atoms with Crippen LogP contribution >= 0.6 is 0 Å². The van der Waals surface area contributed by atoms with E-state index < -0.39 is 0 Å². The second kappa shape index (κ2) is 7.96. The molecule has 0 saturated carbocycles. The summed E-state index contributed by atoms with van der Waals surface area (Å²) in [5.74, 6) is 1.65. The number of carbonyl (C=O) groups is 1. The fraction of sp³-hybridized carbons (Fsp3) is 0.476. The van der Waals surface area contributed by atoms with E-state index in [1.54, 1.807) is 24.5 Å². The van der Waals surface area contributed by atoms with E-state index in [1.807, 2.05) is 17.2 Å². The molecule has 2 aliphatic rings. The molecule has 2 aromatic rings. The molecule has 4 heterocycles. The van der Waals surface area contributed by atoms with E-state index in [0.29, 0.717) is 0 Å². The minimum absolute atomic E-state index is 0.147. The van der Waals surface area contributed by atoms with Crippen LogP contribution in [0.2, 0.25) is 0 Å². The molecule has 0 aliphatic carbocycles. The maximum atomic E-state index is 12.6. The molecular weight excluding hydrogens is 324 g/mol. The van der Waals surface area contributed by atoms with Crippen LogP contribution in [0.1, 0.15) is 35.3 Å². The Balaban J connectivity index is 1.27. The van der Waals surface area contributed by atoms with Crippen molar-refractivity contribution < 1.29 is 4.79 Å². The lowest BCUT2D eigenvalue weighted by atomic mass is 9.83. The molecule has 4 rings (SSSR count). The van der Waals surface area contributed by atoms with Crippen molar-refractivity contribution in [1.82, 2.24) is 19.8 Å². The summed E-state index contributed by atoms with van der Waals surface area (Å²) in [6.07, 6.45) is 8.77. The molecule has 1 amide bonds. The molecule has 5 nitrogen and oxygen atoms in total. The summed E-state index contributed by atoms with van der Waals surface area (Å²) < 4.78 is 0. The Labute approximate surface area is 155 Å². The first kappa shape index (κ1) is 17.2. The van der Waals surface area contributed by atoms with Gasteiger partial charge in [-0.3, -0.25) is 19.7 Å². The van der Waals surface area contributed by atoms with Gasteiger partial charge in [-0.1, -0.05) is 6.07 Å². The molecule has 1 unspecified atom stereocenters. The zero-order valence-electron chi connectivity index (χ0n) is 15.1. The average Bonchev–Trinajstić information content (AvgIpc) is 3.17. The van der Waals surface area contributed by atoms with Crippen LogP contribution < -0.4 is 0 Å². The predicted octanol–water partition coefficient (Wildman–Crippen LogP) is 2.85. The minimum Gasteiger partial charge on any atom is -0.339 e. The lowest BCUT2D eigenvalue weighted by Gasteiger charge is -2.35. The fourth-order valence-electron chi connectivity index (χ4n) is 4.36. The number of nitrogens with zero attached hydrogens (tertiary/aromatic N) is 4. The molecule has 1 atom stereocenters. The molecule has 26 heavy (non-hydrogen) atoms. The Bertz CT molecular complexity index is 713. The third-order valence-electron chi connectivity index (χ3n) is 5.84. The quantitative estimate of drug-likeness (QED) is 0.851. The number of hydrogen-bond donors (Lipinski definition) is 0. The van der Waals surface area contributed by atoms with Gasteiger partial charge in [0.05, 0.1) is 5.69 Å². The van der Waals surface area contributed by atoms with E-state index in [-0.39, 0.29) is 5.91 Å². The highest BCUT2D eigenvalue weighted by molar-refractivity contribution is 5.94. The number of rotatable bonds is 4. The van der Waals surface area contributed by atoms with Crippen molar-refractivity contribution >= 4 is 5.91 Å². The molecule has 2 aliphatic heterocycles. The molecule has 2 fully saturated rings. The van der Waals surface area contributed by atoms with Gasteiger partial charge in [0, 0.05) is 50.3 Å². The van der Waals surface area contributed by atoms with Crippen molar-refractivity contribution in [3.05, 3.63) is 60.2 Å². The first-order valence-electron chi connectivity index (χ1n) is 9.61. The molecular formula is C21H26N4O. The summed E-state index contributed by atoms with van der Waals surface area (Å²) in [6.45, 7) is 5.04. The van der Waals surface area contributed by atoms with Crippen LogP contribution in [-0.4, -0.2) is 51.9 Å². The zero-order valence-corrected chi connectivity index (χ0v) is 15.1. The smallest absolute Gasteiger partial charge is 0.253 e. The topological polar surface area (TPSA) is 49.3 Å². The number of likely N-dealkylation sites (tertiary alicyclic amines) is 2. The summed E-state index contributed by atoms with van der Waals surface area (Å²) in [4.78, 5) is 25.5. The van der Waals surface area contributed by atoms with Crippen LogP contribution in [-0.2, 0) is 6.54 Å². The van der Waals surface area contributed by atoms with Crippen molar-refractivity contribution in [1.29, 1.82) is 0 Å². The van der Waals surface area contributed by atoms with Crippen LogP contribution in [0, 0.1) is 11.8 Å². The third kappa shape index (κ3) is 3.93. The standard InChI is InChI=1S/C21H26N4O/c26-21(18-4-10-22-11-5-18)25-13-7-17(8-14-25)19-6-12-24(15-19)16-20-3-1-2-9-23-20/h1-5,9-11,17,19H,6-8,12-16H2. The van der Waals surface area contributed by atoms with Gasteiger partial charge in [-0.2, -0.15) is 0 Å². The highest BCUT2D eigenvalue weighted by Gasteiger charge is 2.33. The van der Waals surface area contributed by atoms with Gasteiger partial charge in [-0.05, 0) is 61.9 Å². The van der Waals surface area contributed by atoms with Crippen molar-refractivity contribution in [3.63, 3.8) is 0 Å². The molecule has 5 heteroatoms. The van der Waals surface area contributed by atoms with Gasteiger partial charge < -0.3 is 4.90 Å². The second-order valence-corrected chi connectivity index (χ2v) is 7.47. The van der Waals surface area contributed by atoms with Gasteiger partial charge in [0.1, 0.15) is 0 Å². The van der Waals surface area contributed by atoms with Gasteiger partial charge in [-0.15, -0.1) is 0 Å². The SMILES string of the molecule is O=C(c1ccncc1)N1CCC(C2CCN(Cc3ccccn3)C2)CC1. The van der Waals surface area contributed by atoms with Gasteiger partial charge in [0.25, 0.3) is 5.91 Å². The summed E-state index contributed by atoms with van der Waals surface area (Å²) in [5.41, 5.74) is 1.91. The van der Waals surface area contributed by atoms with E-state index in [2.05, 4.69) is 27.0 Å². The minimum atomic E-state index is 0.147. The largest absolute Gasteiger partial charge is 0.339 e. The first-order chi connectivity index (χ1) is 12.8. The molecule has 136 valence electrons. The van der Waals surface area contributed by atoms with Crippen LogP contribution in [0.5, 0.6) is 0 Å². The summed E-state index contributed by atoms with van der Waals surface area (Å²) in [5, 5.41) is 0. The molecule has 0 spiro atoms. The Morgan fingerprint density at radius 2 is 1.73 bits per heavy atom. The number of amides is 1. The predicted molar refractivity (Wildman–Crippen MR) is 100 cm³/mol. The summed E-state index contributed by atoms with van der Waals surface area (Å²) >= 11 is 0. The lowest BCUT2D eigenvalue weighted by molar-refractivity contribution is 0.0658. The van der Waals surface area contributed by atoms with Crippen LogP contribution in [0.15, 0.2) is 48.9 Å². The Morgan fingerprint density at radius 1 is 0.962 bits per heavy atom. The number of hydrogen-bond acceptors (Lipinski definition) is 4. The average molecular weight is 350 g/mol. The van der Waals surface area contributed by atoms with Gasteiger partial charge >= 0.3 is 0 Å². The normalized spacial score (nSPS) is 21.8. The van der Waals surface area contributed by atoms with Crippen LogP contribution in [0.25, 0.3) is 0 Å². The maximum Gasteiger partial charge on any atom is 0.253 e. The van der Waals surface area contributed by atoms with Crippen molar-refractivity contribution in [2.24, 2.45) is 11.8 Å². The summed E-state index contributed by atoms with van der Waals surface area (Å²) in [7, 11) is 0. The van der Waals surface area contributed by atoms with Crippen LogP contribution in [0.4, 0.5) is 0 Å². The number of pyridine rings is 2. The maximum absolute atomic E-state index is 12.6. The van der Waals surface area contributed by atoms with Crippen molar-refractivity contribution in [2.75, 3.05) is 26.2 Å². The Kier molecular flexibility index (Phi) is 5.25. The van der Waals surface area contributed by atoms with E-state index in [4.69, 9.17) is 0 Å². The van der Waals surface area contributed by atoms with Gasteiger partial charge in [0.2, 0.25) is 0 Å². The van der Waals surface area contributed by atoms with E-state index in [1.165, 1.54) is 13.0 Å². The molecule has 0 aromatic carbocycles. The molecule has 0 radical (unpaired) electrons. The monoisotopic (exact) mass is 350 g/mol. The van der Waals surface area contributed by atoms with Gasteiger partial charge in [0.15, 0.2) is 0 Å². The fourth-order valence-corrected chi connectivity index (χ4v) is 4.36. The second-order valence-electron chi connectivity index (χ2n) is 7.47. The highest BCUT2D eigenvalue weighted by atomic mass is 16.2. The molecule has 0 bridgehead atoms.